The molecule has 1 saturated heterocycles. The molecule has 1 unspecified atom stereocenters. The minimum atomic E-state index is -0.201. The van der Waals surface area contributed by atoms with Gasteiger partial charge in [-0.1, -0.05) is 37.3 Å². The molecule has 0 bridgehead atoms. The molecule has 2 aliphatic heterocycles. The van der Waals surface area contributed by atoms with Gasteiger partial charge in [0, 0.05) is 44.0 Å². The van der Waals surface area contributed by atoms with Gasteiger partial charge in [0.05, 0.1) is 13.7 Å². The molecule has 166 valence electrons. The average molecular weight is 422 g/mol. The Kier molecular flexibility index (Phi) is 6.35. The van der Waals surface area contributed by atoms with Crippen LogP contribution >= 0.6 is 0 Å². The molecule has 0 saturated carbocycles. The van der Waals surface area contributed by atoms with E-state index in [1.54, 1.807) is 7.11 Å². The van der Waals surface area contributed by atoms with Crippen LogP contribution in [0, 0.1) is 0 Å². The van der Waals surface area contributed by atoms with E-state index < -0.39 is 0 Å². The van der Waals surface area contributed by atoms with Crippen LogP contribution in [0.2, 0.25) is 0 Å². The van der Waals surface area contributed by atoms with Gasteiger partial charge in [0.15, 0.2) is 0 Å². The Morgan fingerprint density at radius 3 is 2.39 bits per heavy atom. The molecule has 5 nitrogen and oxygen atoms in total. The monoisotopic (exact) mass is 421 g/mol. The standard InChI is InChI=1S/C26H35N3O2/c1-20-17-26(2,3)29(24-11-10-22(31-4)16-23(20)24)25(30)19-28-14-12-27(13-15-28)18-21-8-6-5-7-9-21/h5-11,16,20H,12-15,17-19H2,1-4H3. The Labute approximate surface area is 186 Å². The van der Waals surface area contributed by atoms with Gasteiger partial charge in [-0.25, -0.2) is 0 Å². The van der Waals surface area contributed by atoms with Gasteiger partial charge in [-0.2, -0.15) is 0 Å². The van der Waals surface area contributed by atoms with Crippen LogP contribution in [0.15, 0.2) is 48.5 Å². The molecule has 2 aromatic carbocycles. The van der Waals surface area contributed by atoms with Crippen molar-refractivity contribution in [2.75, 3.05) is 44.7 Å². The number of hydrogen-bond acceptors (Lipinski definition) is 4. The third-order valence-electron chi connectivity index (χ3n) is 6.74. The molecule has 1 atom stereocenters. The van der Waals surface area contributed by atoms with Crippen LogP contribution in [0.3, 0.4) is 0 Å². The first-order valence-electron chi connectivity index (χ1n) is 11.4. The number of fused-ring (bicyclic) bond motifs is 1. The number of hydrogen-bond donors (Lipinski definition) is 0. The molecule has 0 aromatic heterocycles. The van der Waals surface area contributed by atoms with Crippen LogP contribution in [0.4, 0.5) is 5.69 Å². The lowest BCUT2D eigenvalue weighted by atomic mass is 9.80. The third kappa shape index (κ3) is 4.78. The van der Waals surface area contributed by atoms with Gasteiger partial charge in [0.25, 0.3) is 0 Å². The van der Waals surface area contributed by atoms with Crippen LogP contribution in [0.5, 0.6) is 5.75 Å². The smallest absolute Gasteiger partial charge is 0.241 e. The quantitative estimate of drug-likeness (QED) is 0.727. The average Bonchev–Trinajstić information content (AvgIpc) is 2.75. The normalized spacial score (nSPS) is 21.5. The second kappa shape index (κ2) is 9.01. The van der Waals surface area contributed by atoms with Gasteiger partial charge >= 0.3 is 0 Å². The molecule has 0 N–H and O–H groups in total. The van der Waals surface area contributed by atoms with Crippen molar-refractivity contribution in [2.45, 2.75) is 45.2 Å². The second-order valence-corrected chi connectivity index (χ2v) is 9.61. The van der Waals surface area contributed by atoms with Crippen molar-refractivity contribution in [1.82, 2.24) is 9.80 Å². The predicted molar refractivity (Wildman–Crippen MR) is 126 cm³/mol. The zero-order chi connectivity index (χ0) is 22.0. The Morgan fingerprint density at radius 1 is 1.03 bits per heavy atom. The summed E-state index contributed by atoms with van der Waals surface area (Å²) in [6.45, 7) is 11.9. The molecule has 5 heteroatoms. The minimum Gasteiger partial charge on any atom is -0.497 e. The molecular weight excluding hydrogens is 386 g/mol. The van der Waals surface area contributed by atoms with E-state index in [1.807, 2.05) is 11.0 Å². The number of benzene rings is 2. The van der Waals surface area contributed by atoms with E-state index in [0.29, 0.717) is 12.5 Å². The number of piperazine rings is 1. The van der Waals surface area contributed by atoms with Crippen molar-refractivity contribution in [3.05, 3.63) is 59.7 Å². The predicted octanol–water partition coefficient (Wildman–Crippen LogP) is 4.13. The number of anilines is 1. The van der Waals surface area contributed by atoms with Crippen LogP contribution in [0.25, 0.3) is 0 Å². The molecule has 2 aromatic rings. The summed E-state index contributed by atoms with van der Waals surface area (Å²) >= 11 is 0. The van der Waals surface area contributed by atoms with Crippen molar-refractivity contribution < 1.29 is 9.53 Å². The molecule has 1 amide bonds. The van der Waals surface area contributed by atoms with Gasteiger partial charge in [-0.05, 0) is 55.5 Å². The highest BCUT2D eigenvalue weighted by Gasteiger charge is 2.40. The minimum absolute atomic E-state index is 0.194. The summed E-state index contributed by atoms with van der Waals surface area (Å²) < 4.78 is 5.43. The zero-order valence-corrected chi connectivity index (χ0v) is 19.3. The highest BCUT2D eigenvalue weighted by atomic mass is 16.5. The molecule has 1 fully saturated rings. The van der Waals surface area contributed by atoms with Crippen molar-refractivity contribution in [2.24, 2.45) is 0 Å². The number of nitrogens with zero attached hydrogens (tertiary/aromatic N) is 3. The van der Waals surface area contributed by atoms with Crippen molar-refractivity contribution in [1.29, 1.82) is 0 Å². The molecule has 0 aliphatic carbocycles. The summed E-state index contributed by atoms with van der Waals surface area (Å²) in [6, 6.07) is 16.7. The maximum absolute atomic E-state index is 13.5. The van der Waals surface area contributed by atoms with Gasteiger partial charge in [-0.3, -0.25) is 14.6 Å². The lowest BCUT2D eigenvalue weighted by Gasteiger charge is -2.47. The first-order valence-corrected chi connectivity index (χ1v) is 11.4. The SMILES string of the molecule is COc1ccc2c(c1)C(C)CC(C)(C)N2C(=O)CN1CCN(Cc2ccccc2)CC1. The topological polar surface area (TPSA) is 36.0 Å². The van der Waals surface area contributed by atoms with E-state index in [4.69, 9.17) is 4.74 Å². The molecular formula is C26H35N3O2. The van der Waals surface area contributed by atoms with E-state index in [2.05, 4.69) is 73.0 Å². The number of rotatable bonds is 5. The molecule has 0 spiro atoms. The van der Waals surface area contributed by atoms with Crippen molar-refractivity contribution in [3.63, 3.8) is 0 Å². The van der Waals surface area contributed by atoms with Gasteiger partial charge < -0.3 is 9.64 Å². The number of carbonyl (C=O) groups excluding carboxylic acids is 1. The molecule has 31 heavy (non-hydrogen) atoms. The maximum Gasteiger partial charge on any atom is 0.241 e. The first kappa shape index (κ1) is 21.8. The van der Waals surface area contributed by atoms with Gasteiger partial charge in [-0.15, -0.1) is 0 Å². The highest BCUT2D eigenvalue weighted by molar-refractivity contribution is 5.97. The Hall–Kier alpha value is -2.37. The van der Waals surface area contributed by atoms with E-state index in [0.717, 1.165) is 50.6 Å². The van der Waals surface area contributed by atoms with E-state index >= 15 is 0 Å². The maximum atomic E-state index is 13.5. The highest BCUT2D eigenvalue weighted by Crippen LogP contribution is 2.44. The fourth-order valence-electron chi connectivity index (χ4n) is 5.22. The van der Waals surface area contributed by atoms with Gasteiger partial charge in [0.2, 0.25) is 5.91 Å². The zero-order valence-electron chi connectivity index (χ0n) is 19.3. The molecule has 2 heterocycles. The number of amides is 1. The largest absolute Gasteiger partial charge is 0.497 e. The van der Waals surface area contributed by atoms with E-state index in [1.165, 1.54) is 11.1 Å². The first-order chi connectivity index (χ1) is 14.9. The Bertz CT molecular complexity index is 904. The summed E-state index contributed by atoms with van der Waals surface area (Å²) in [5, 5.41) is 0. The Balaban J connectivity index is 1.42. The third-order valence-corrected chi connectivity index (χ3v) is 6.74. The number of methoxy groups -OCH3 is 1. The summed E-state index contributed by atoms with van der Waals surface area (Å²) in [4.78, 5) is 20.3. The van der Waals surface area contributed by atoms with E-state index in [9.17, 15) is 4.79 Å². The lowest BCUT2D eigenvalue weighted by Crippen LogP contribution is -2.56. The van der Waals surface area contributed by atoms with Crippen LogP contribution in [0.1, 0.15) is 44.2 Å². The summed E-state index contributed by atoms with van der Waals surface area (Å²) in [5.74, 6) is 1.44. The molecule has 4 rings (SSSR count). The fourth-order valence-corrected chi connectivity index (χ4v) is 5.22. The van der Waals surface area contributed by atoms with Crippen LogP contribution in [-0.4, -0.2) is 61.1 Å². The lowest BCUT2D eigenvalue weighted by molar-refractivity contribution is -0.121. The fraction of sp³-hybridized carbons (Fsp3) is 0.500. The van der Waals surface area contributed by atoms with E-state index in [-0.39, 0.29) is 11.4 Å². The second-order valence-electron chi connectivity index (χ2n) is 9.61. The van der Waals surface area contributed by atoms with Crippen molar-refractivity contribution in [3.8, 4) is 5.75 Å². The number of carbonyl (C=O) groups is 1. The van der Waals surface area contributed by atoms with Crippen LogP contribution in [-0.2, 0) is 11.3 Å². The Morgan fingerprint density at radius 2 is 1.71 bits per heavy atom. The van der Waals surface area contributed by atoms with Crippen LogP contribution < -0.4 is 9.64 Å². The molecule has 0 radical (unpaired) electrons. The summed E-state index contributed by atoms with van der Waals surface area (Å²) in [7, 11) is 1.69. The molecule has 2 aliphatic rings. The van der Waals surface area contributed by atoms with Gasteiger partial charge in [0.1, 0.15) is 5.75 Å². The van der Waals surface area contributed by atoms with Crippen molar-refractivity contribution >= 4 is 11.6 Å². The number of ether oxygens (including phenoxy) is 1. The summed E-state index contributed by atoms with van der Waals surface area (Å²) in [5.41, 5.74) is 3.40. The summed E-state index contributed by atoms with van der Waals surface area (Å²) in [6.07, 6.45) is 0.948.